The van der Waals surface area contributed by atoms with E-state index in [4.69, 9.17) is 28.5 Å². The molecule has 0 saturated carbocycles. The molecule has 0 heterocycles. The van der Waals surface area contributed by atoms with Crippen molar-refractivity contribution in [3.63, 3.8) is 0 Å². The topological polar surface area (TPSA) is 35.8 Å². The second-order valence-electron chi connectivity index (χ2n) is 3.52. The molecule has 0 aromatic heterocycles. The number of hydrogen-bond acceptors (Lipinski definition) is 2. The van der Waals surface area contributed by atoms with Crippen LogP contribution in [0, 0.1) is 11.3 Å². The summed E-state index contributed by atoms with van der Waals surface area (Å²) in [5, 5.41) is 13.3. The highest BCUT2D eigenvalue weighted by Crippen LogP contribution is 2.31. The Morgan fingerprint density at radius 2 is 1.89 bits per heavy atom. The molecule has 0 atom stereocenters. The third kappa shape index (κ3) is 2.78. The number of halogens is 3. The fraction of sp³-hybridized carbons (Fsp3) is 0. The number of rotatable bonds is 2. The van der Waals surface area contributed by atoms with E-state index in [1.54, 1.807) is 30.3 Å². The zero-order valence-electron chi connectivity index (χ0n) is 9.05. The quantitative estimate of drug-likeness (QED) is 0.796. The van der Waals surface area contributed by atoms with E-state index in [9.17, 15) is 0 Å². The highest BCUT2D eigenvalue weighted by molar-refractivity contribution is 9.10. The molecule has 0 saturated heterocycles. The molecule has 0 amide bonds. The Kier molecular flexibility index (Phi) is 4.13. The molecule has 2 rings (SSSR count). The maximum Gasteiger partial charge on any atom is 0.103 e. The van der Waals surface area contributed by atoms with Gasteiger partial charge >= 0.3 is 0 Å². The summed E-state index contributed by atoms with van der Waals surface area (Å²) in [5.74, 6) is 0. The van der Waals surface area contributed by atoms with E-state index >= 15 is 0 Å². The molecule has 90 valence electrons. The van der Waals surface area contributed by atoms with Gasteiger partial charge in [-0.1, -0.05) is 29.3 Å². The lowest BCUT2D eigenvalue weighted by Crippen LogP contribution is -1.95. The number of nitriles is 1. The van der Waals surface area contributed by atoms with Gasteiger partial charge < -0.3 is 5.32 Å². The van der Waals surface area contributed by atoms with Gasteiger partial charge in [-0.15, -0.1) is 0 Å². The Morgan fingerprint density at radius 3 is 2.61 bits per heavy atom. The molecular weight excluding hydrogens is 335 g/mol. The van der Waals surface area contributed by atoms with Gasteiger partial charge in [0.25, 0.3) is 0 Å². The van der Waals surface area contributed by atoms with Crippen molar-refractivity contribution in [2.75, 3.05) is 5.32 Å². The molecule has 0 aliphatic rings. The normalized spacial score (nSPS) is 9.89. The minimum atomic E-state index is 0.408. The molecule has 0 aliphatic heterocycles. The Hall–Kier alpha value is -1.21. The lowest BCUT2D eigenvalue weighted by molar-refractivity contribution is 1.45. The van der Waals surface area contributed by atoms with Crippen LogP contribution >= 0.6 is 39.1 Å². The minimum absolute atomic E-state index is 0.408. The van der Waals surface area contributed by atoms with Gasteiger partial charge in [-0.3, -0.25) is 0 Å². The van der Waals surface area contributed by atoms with Crippen LogP contribution in [0.1, 0.15) is 5.56 Å². The third-order valence-corrected chi connectivity index (χ3v) is 3.56. The first kappa shape index (κ1) is 13.2. The van der Waals surface area contributed by atoms with Crippen molar-refractivity contribution < 1.29 is 0 Å². The van der Waals surface area contributed by atoms with Crippen LogP contribution in [0.2, 0.25) is 10.0 Å². The number of anilines is 2. The maximum atomic E-state index is 9.09. The monoisotopic (exact) mass is 340 g/mol. The van der Waals surface area contributed by atoms with Crippen molar-refractivity contribution in [3.8, 4) is 6.07 Å². The number of benzene rings is 2. The Labute approximate surface area is 123 Å². The van der Waals surface area contributed by atoms with Gasteiger partial charge in [0.2, 0.25) is 0 Å². The summed E-state index contributed by atoms with van der Waals surface area (Å²) in [7, 11) is 0. The van der Waals surface area contributed by atoms with Crippen LogP contribution in [0.3, 0.4) is 0 Å². The van der Waals surface area contributed by atoms with Crippen molar-refractivity contribution >= 4 is 50.5 Å². The summed E-state index contributed by atoms with van der Waals surface area (Å²) in [6.45, 7) is 0. The molecule has 2 nitrogen and oxygen atoms in total. The average molecular weight is 342 g/mol. The first-order valence-electron chi connectivity index (χ1n) is 5.02. The predicted molar refractivity (Wildman–Crippen MR) is 78.6 cm³/mol. The summed E-state index contributed by atoms with van der Waals surface area (Å²) >= 11 is 15.3. The molecule has 5 heteroatoms. The van der Waals surface area contributed by atoms with Crippen molar-refractivity contribution in [2.45, 2.75) is 0 Å². The highest BCUT2D eigenvalue weighted by Gasteiger charge is 2.08. The molecule has 0 spiro atoms. The SMILES string of the molecule is N#Cc1c(Cl)cccc1Nc1cc(Cl)ccc1Br. The van der Waals surface area contributed by atoms with Gasteiger partial charge in [0, 0.05) is 9.50 Å². The van der Waals surface area contributed by atoms with Gasteiger partial charge in [-0.25, -0.2) is 0 Å². The van der Waals surface area contributed by atoms with E-state index in [1.807, 2.05) is 6.07 Å². The van der Waals surface area contributed by atoms with Crippen LogP contribution in [0.5, 0.6) is 0 Å². The maximum absolute atomic E-state index is 9.09. The second-order valence-corrected chi connectivity index (χ2v) is 5.22. The molecular formula is C13H7BrCl2N2. The molecule has 2 aromatic rings. The molecule has 0 bridgehead atoms. The van der Waals surface area contributed by atoms with E-state index in [2.05, 4.69) is 27.3 Å². The van der Waals surface area contributed by atoms with Crippen molar-refractivity contribution in [2.24, 2.45) is 0 Å². The zero-order chi connectivity index (χ0) is 13.1. The van der Waals surface area contributed by atoms with Crippen LogP contribution in [0.25, 0.3) is 0 Å². The smallest absolute Gasteiger partial charge is 0.103 e. The molecule has 18 heavy (non-hydrogen) atoms. The second kappa shape index (κ2) is 5.62. The van der Waals surface area contributed by atoms with E-state index in [1.165, 1.54) is 0 Å². The fourth-order valence-electron chi connectivity index (χ4n) is 1.48. The lowest BCUT2D eigenvalue weighted by atomic mass is 10.2. The third-order valence-electron chi connectivity index (χ3n) is 2.32. The van der Waals surface area contributed by atoms with Gasteiger partial charge in [0.15, 0.2) is 0 Å². The Bertz CT molecular complexity index is 635. The van der Waals surface area contributed by atoms with Gasteiger partial charge in [-0.05, 0) is 46.3 Å². The minimum Gasteiger partial charge on any atom is -0.353 e. The molecule has 0 radical (unpaired) electrons. The predicted octanol–water partition coefficient (Wildman–Crippen LogP) is 5.37. The van der Waals surface area contributed by atoms with E-state index < -0.39 is 0 Å². The molecule has 0 aliphatic carbocycles. The van der Waals surface area contributed by atoms with Gasteiger partial charge in [0.05, 0.1) is 22.0 Å². The van der Waals surface area contributed by atoms with Crippen molar-refractivity contribution in [1.82, 2.24) is 0 Å². The summed E-state index contributed by atoms with van der Waals surface area (Å²) < 4.78 is 0.857. The number of nitrogens with zero attached hydrogens (tertiary/aromatic N) is 1. The van der Waals surface area contributed by atoms with E-state index in [-0.39, 0.29) is 0 Å². The highest BCUT2D eigenvalue weighted by atomic mass is 79.9. The largest absolute Gasteiger partial charge is 0.353 e. The average Bonchev–Trinajstić information content (AvgIpc) is 2.34. The molecule has 0 fully saturated rings. The fourth-order valence-corrected chi connectivity index (χ4v) is 2.21. The first-order valence-corrected chi connectivity index (χ1v) is 6.57. The standard InChI is InChI=1S/C13H7BrCl2N2/c14-10-5-4-8(15)6-13(10)18-12-3-1-2-11(16)9(12)7-17/h1-6,18H. The van der Waals surface area contributed by atoms with Crippen LogP contribution in [0.15, 0.2) is 40.9 Å². The van der Waals surface area contributed by atoms with Crippen molar-refractivity contribution in [3.05, 3.63) is 56.5 Å². The van der Waals surface area contributed by atoms with E-state index in [0.29, 0.717) is 21.3 Å². The zero-order valence-corrected chi connectivity index (χ0v) is 12.1. The van der Waals surface area contributed by atoms with Crippen LogP contribution in [-0.4, -0.2) is 0 Å². The molecule has 1 N–H and O–H groups in total. The summed E-state index contributed by atoms with van der Waals surface area (Å²) in [4.78, 5) is 0. The van der Waals surface area contributed by atoms with Crippen LogP contribution in [-0.2, 0) is 0 Å². The summed E-state index contributed by atoms with van der Waals surface area (Å²) in [6, 6.07) is 12.7. The number of hydrogen-bond donors (Lipinski definition) is 1. The van der Waals surface area contributed by atoms with Gasteiger partial charge in [-0.2, -0.15) is 5.26 Å². The summed E-state index contributed by atoms with van der Waals surface area (Å²) in [5.41, 5.74) is 1.83. The Balaban J connectivity index is 2.44. The van der Waals surface area contributed by atoms with Crippen LogP contribution in [0.4, 0.5) is 11.4 Å². The Morgan fingerprint density at radius 1 is 1.11 bits per heavy atom. The van der Waals surface area contributed by atoms with Gasteiger partial charge in [0.1, 0.15) is 6.07 Å². The van der Waals surface area contributed by atoms with Crippen LogP contribution < -0.4 is 5.32 Å². The van der Waals surface area contributed by atoms with E-state index in [0.717, 1.165) is 10.2 Å². The summed E-state index contributed by atoms with van der Waals surface area (Å²) in [6.07, 6.45) is 0. The lowest BCUT2D eigenvalue weighted by Gasteiger charge is -2.11. The van der Waals surface area contributed by atoms with Crippen molar-refractivity contribution in [1.29, 1.82) is 5.26 Å². The first-order chi connectivity index (χ1) is 8.61. The molecule has 2 aromatic carbocycles. The molecule has 0 unspecified atom stereocenters. The number of nitrogens with one attached hydrogen (secondary N) is 1.